The second-order valence-electron chi connectivity index (χ2n) is 8.69. The van der Waals surface area contributed by atoms with Crippen molar-refractivity contribution in [2.24, 2.45) is 17.3 Å². The molecule has 2 heterocycles. The molecule has 0 spiro atoms. The van der Waals surface area contributed by atoms with Crippen LogP contribution in [0.4, 0.5) is 11.4 Å². The minimum atomic E-state index is -0.100. The summed E-state index contributed by atoms with van der Waals surface area (Å²) in [7, 11) is 0. The fourth-order valence-electron chi connectivity index (χ4n) is 4.07. The van der Waals surface area contributed by atoms with E-state index in [-0.39, 0.29) is 42.8 Å². The first-order valence-corrected chi connectivity index (χ1v) is 9.29. The summed E-state index contributed by atoms with van der Waals surface area (Å²) in [5, 5.41) is 12.6. The minimum Gasteiger partial charge on any atom is -0.396 e. The zero-order valence-corrected chi connectivity index (χ0v) is 15.9. The number of nitrogens with zero attached hydrogens (tertiary/aromatic N) is 2. The molecule has 3 rings (SSSR count). The van der Waals surface area contributed by atoms with Crippen molar-refractivity contribution in [2.75, 3.05) is 43.0 Å². The number of amides is 2. The first-order chi connectivity index (χ1) is 12.3. The van der Waals surface area contributed by atoms with Crippen LogP contribution in [0.25, 0.3) is 0 Å². The highest BCUT2D eigenvalue weighted by molar-refractivity contribution is 6.02. The van der Waals surface area contributed by atoms with E-state index in [4.69, 9.17) is 0 Å². The summed E-state index contributed by atoms with van der Waals surface area (Å²) in [4.78, 5) is 28.5. The molecule has 1 aromatic carbocycles. The van der Waals surface area contributed by atoms with Crippen molar-refractivity contribution < 1.29 is 14.7 Å². The normalized spacial score (nSPS) is 23.0. The summed E-state index contributed by atoms with van der Waals surface area (Å²) < 4.78 is 0. The van der Waals surface area contributed by atoms with Crippen LogP contribution in [-0.4, -0.2) is 54.6 Å². The number of hydrogen-bond donors (Lipinski definition) is 2. The van der Waals surface area contributed by atoms with E-state index in [2.05, 4.69) is 26.1 Å². The Labute approximate surface area is 155 Å². The van der Waals surface area contributed by atoms with Crippen LogP contribution in [0.3, 0.4) is 0 Å². The fourth-order valence-corrected chi connectivity index (χ4v) is 4.07. The van der Waals surface area contributed by atoms with Gasteiger partial charge in [0, 0.05) is 25.6 Å². The van der Waals surface area contributed by atoms with Gasteiger partial charge in [-0.2, -0.15) is 0 Å². The highest BCUT2D eigenvalue weighted by Crippen LogP contribution is 2.34. The third-order valence-electron chi connectivity index (χ3n) is 5.22. The second-order valence-corrected chi connectivity index (χ2v) is 8.69. The zero-order valence-electron chi connectivity index (χ0n) is 15.9. The minimum absolute atomic E-state index is 0.0179. The molecule has 6 heteroatoms. The molecule has 0 aromatic heterocycles. The number of carbonyl (C=O) groups is 2. The lowest BCUT2D eigenvalue weighted by Crippen LogP contribution is -2.45. The monoisotopic (exact) mass is 359 g/mol. The van der Waals surface area contributed by atoms with E-state index in [0.717, 1.165) is 17.8 Å². The van der Waals surface area contributed by atoms with Crippen LogP contribution in [0.2, 0.25) is 0 Å². The maximum atomic E-state index is 12.9. The van der Waals surface area contributed by atoms with Crippen molar-refractivity contribution >= 4 is 23.2 Å². The molecular weight excluding hydrogens is 330 g/mol. The van der Waals surface area contributed by atoms with Crippen LogP contribution in [0.15, 0.2) is 24.3 Å². The number of para-hydroxylation sites is 2. The van der Waals surface area contributed by atoms with Gasteiger partial charge in [-0.3, -0.25) is 9.59 Å². The molecule has 0 unspecified atom stereocenters. The maximum Gasteiger partial charge on any atom is 0.243 e. The third kappa shape index (κ3) is 4.18. The van der Waals surface area contributed by atoms with Gasteiger partial charge in [0.25, 0.3) is 0 Å². The van der Waals surface area contributed by atoms with Crippen molar-refractivity contribution in [2.45, 2.75) is 27.2 Å². The Kier molecular flexibility index (Phi) is 5.23. The van der Waals surface area contributed by atoms with E-state index in [1.165, 1.54) is 0 Å². The van der Waals surface area contributed by atoms with Crippen LogP contribution in [-0.2, 0) is 9.59 Å². The average Bonchev–Trinajstić information content (AvgIpc) is 2.95. The van der Waals surface area contributed by atoms with E-state index in [0.29, 0.717) is 19.0 Å². The molecule has 142 valence electrons. The summed E-state index contributed by atoms with van der Waals surface area (Å²) in [5.74, 6) is 0.372. The van der Waals surface area contributed by atoms with Gasteiger partial charge in [0.15, 0.2) is 0 Å². The van der Waals surface area contributed by atoms with Gasteiger partial charge in [-0.15, -0.1) is 0 Å². The van der Waals surface area contributed by atoms with Gasteiger partial charge in [-0.1, -0.05) is 32.9 Å². The molecule has 26 heavy (non-hydrogen) atoms. The van der Waals surface area contributed by atoms with Crippen LogP contribution in [0, 0.1) is 17.3 Å². The largest absolute Gasteiger partial charge is 0.396 e. The second kappa shape index (κ2) is 7.27. The molecule has 6 nitrogen and oxygen atoms in total. The predicted molar refractivity (Wildman–Crippen MR) is 102 cm³/mol. The quantitative estimate of drug-likeness (QED) is 0.862. The van der Waals surface area contributed by atoms with E-state index in [9.17, 15) is 14.7 Å². The number of aliphatic hydroxyl groups is 1. The molecule has 1 fully saturated rings. The standard InChI is InChI=1S/C20H29N3O3/c1-20(2,3)8-14-9-23(10-15(14)13-24)19(26)12-22-11-18(25)21-16-6-4-5-7-17(16)22/h4-7,14-15,24H,8-13H2,1-3H3,(H,21,25)/t14-,15+/m1/s1. The van der Waals surface area contributed by atoms with Crippen LogP contribution < -0.4 is 10.2 Å². The molecule has 2 amide bonds. The Morgan fingerprint density at radius 2 is 1.92 bits per heavy atom. The van der Waals surface area contributed by atoms with Crippen molar-refractivity contribution in [1.82, 2.24) is 4.90 Å². The number of anilines is 2. The molecule has 2 atom stereocenters. The summed E-state index contributed by atoms with van der Waals surface area (Å²) in [6, 6.07) is 7.55. The van der Waals surface area contributed by atoms with Gasteiger partial charge >= 0.3 is 0 Å². The highest BCUT2D eigenvalue weighted by Gasteiger charge is 2.37. The van der Waals surface area contributed by atoms with E-state index < -0.39 is 0 Å². The number of nitrogens with one attached hydrogen (secondary N) is 1. The number of benzene rings is 1. The SMILES string of the molecule is CC(C)(C)C[C@@H]1CN(C(=O)CN2CC(=O)Nc3ccccc32)C[C@H]1CO. The van der Waals surface area contributed by atoms with Gasteiger partial charge in [-0.05, 0) is 29.9 Å². The van der Waals surface area contributed by atoms with Gasteiger partial charge in [-0.25, -0.2) is 0 Å². The Balaban J connectivity index is 1.68. The molecule has 0 bridgehead atoms. The lowest BCUT2D eigenvalue weighted by molar-refractivity contribution is -0.129. The molecule has 2 N–H and O–H groups in total. The summed E-state index contributed by atoms with van der Waals surface area (Å²) >= 11 is 0. The first-order valence-electron chi connectivity index (χ1n) is 9.29. The van der Waals surface area contributed by atoms with Crippen molar-refractivity contribution in [3.8, 4) is 0 Å². The number of likely N-dealkylation sites (tertiary alicyclic amines) is 1. The average molecular weight is 359 g/mol. The van der Waals surface area contributed by atoms with E-state index in [1.54, 1.807) is 0 Å². The molecule has 0 aliphatic carbocycles. The van der Waals surface area contributed by atoms with Crippen molar-refractivity contribution in [3.63, 3.8) is 0 Å². The van der Waals surface area contributed by atoms with Crippen LogP contribution in [0.5, 0.6) is 0 Å². The first kappa shape index (κ1) is 18.7. The van der Waals surface area contributed by atoms with Gasteiger partial charge in [0.1, 0.15) is 0 Å². The molecule has 0 radical (unpaired) electrons. The number of rotatable bonds is 4. The maximum absolute atomic E-state index is 12.9. The van der Waals surface area contributed by atoms with Crippen LogP contribution in [0.1, 0.15) is 27.2 Å². The predicted octanol–water partition coefficient (Wildman–Crippen LogP) is 1.95. The Morgan fingerprint density at radius 1 is 1.23 bits per heavy atom. The number of fused-ring (bicyclic) bond motifs is 1. The molecule has 1 aromatic rings. The lowest BCUT2D eigenvalue weighted by Gasteiger charge is -2.31. The molecule has 2 aliphatic rings. The van der Waals surface area contributed by atoms with Crippen LogP contribution >= 0.6 is 0 Å². The Hall–Kier alpha value is -2.08. The number of hydrogen-bond acceptors (Lipinski definition) is 4. The van der Waals surface area contributed by atoms with E-state index in [1.807, 2.05) is 34.1 Å². The van der Waals surface area contributed by atoms with Crippen molar-refractivity contribution in [3.05, 3.63) is 24.3 Å². The van der Waals surface area contributed by atoms with Crippen molar-refractivity contribution in [1.29, 1.82) is 0 Å². The zero-order chi connectivity index (χ0) is 18.9. The molecular formula is C20H29N3O3. The molecule has 0 saturated carbocycles. The fraction of sp³-hybridized carbons (Fsp3) is 0.600. The highest BCUT2D eigenvalue weighted by atomic mass is 16.3. The lowest BCUT2D eigenvalue weighted by atomic mass is 9.80. The topological polar surface area (TPSA) is 72.9 Å². The molecule has 2 aliphatic heterocycles. The number of aliphatic hydroxyl groups excluding tert-OH is 1. The summed E-state index contributed by atoms with van der Waals surface area (Å²) in [5.41, 5.74) is 1.79. The Morgan fingerprint density at radius 3 is 2.62 bits per heavy atom. The van der Waals surface area contributed by atoms with Gasteiger partial charge < -0.3 is 20.2 Å². The Bertz CT molecular complexity index is 683. The smallest absolute Gasteiger partial charge is 0.243 e. The van der Waals surface area contributed by atoms with Gasteiger partial charge in [0.05, 0.1) is 24.5 Å². The van der Waals surface area contributed by atoms with Gasteiger partial charge in [0.2, 0.25) is 11.8 Å². The number of carbonyl (C=O) groups excluding carboxylic acids is 2. The molecule has 1 saturated heterocycles. The van der Waals surface area contributed by atoms with E-state index >= 15 is 0 Å². The third-order valence-corrected chi connectivity index (χ3v) is 5.22. The summed E-state index contributed by atoms with van der Waals surface area (Å²) in [6.07, 6.45) is 0.983. The summed E-state index contributed by atoms with van der Waals surface area (Å²) in [6.45, 7) is 8.33.